The minimum Gasteiger partial charge on any atom is -0.384 e. The van der Waals surface area contributed by atoms with Crippen LogP contribution >= 0.6 is 0 Å². The standard InChI is InChI=1S/C18H26N4O/c1-15(2)18(23,16-6-4-3-5-7-16)12-21-10-8-17(9-11-21)22-14-19-13-20-22/h3-7,13-15,17,23H,8-12H2,1-2H3. The molecule has 0 saturated carbocycles. The van der Waals surface area contributed by atoms with E-state index < -0.39 is 5.60 Å². The van der Waals surface area contributed by atoms with Crippen molar-refractivity contribution in [2.75, 3.05) is 19.6 Å². The van der Waals surface area contributed by atoms with E-state index in [1.807, 2.05) is 35.0 Å². The number of likely N-dealkylation sites (tertiary alicyclic amines) is 1. The lowest BCUT2D eigenvalue weighted by molar-refractivity contribution is -0.0464. The number of hydrogen-bond donors (Lipinski definition) is 1. The van der Waals surface area contributed by atoms with Crippen LogP contribution in [0.5, 0.6) is 0 Å². The number of aromatic nitrogens is 3. The van der Waals surface area contributed by atoms with Gasteiger partial charge in [-0.2, -0.15) is 5.10 Å². The second kappa shape index (κ2) is 6.81. The van der Waals surface area contributed by atoms with Crippen LogP contribution in [0.1, 0.15) is 38.3 Å². The SMILES string of the molecule is CC(C)C(O)(CN1CCC(n2cncn2)CC1)c1ccccc1. The number of aliphatic hydroxyl groups is 1. The number of rotatable bonds is 5. The maximum absolute atomic E-state index is 11.3. The molecule has 0 spiro atoms. The van der Waals surface area contributed by atoms with Gasteiger partial charge in [-0.1, -0.05) is 44.2 Å². The average Bonchev–Trinajstić information content (AvgIpc) is 3.10. The minimum absolute atomic E-state index is 0.165. The fraction of sp³-hybridized carbons (Fsp3) is 0.556. The highest BCUT2D eigenvalue weighted by Crippen LogP contribution is 2.32. The second-order valence-corrected chi connectivity index (χ2v) is 6.83. The molecular weight excluding hydrogens is 288 g/mol. The lowest BCUT2D eigenvalue weighted by atomic mass is 9.82. The largest absolute Gasteiger partial charge is 0.384 e. The van der Waals surface area contributed by atoms with Gasteiger partial charge in [-0.05, 0) is 24.3 Å². The molecule has 0 amide bonds. The van der Waals surface area contributed by atoms with Crippen LogP contribution in [0.4, 0.5) is 0 Å². The number of nitrogens with zero attached hydrogens (tertiary/aromatic N) is 4. The van der Waals surface area contributed by atoms with Crippen LogP contribution in [-0.2, 0) is 5.60 Å². The van der Waals surface area contributed by atoms with Gasteiger partial charge >= 0.3 is 0 Å². The first-order valence-corrected chi connectivity index (χ1v) is 8.44. The molecule has 1 aliphatic rings. The summed E-state index contributed by atoms with van der Waals surface area (Å²) in [6.07, 6.45) is 5.49. The summed E-state index contributed by atoms with van der Waals surface area (Å²) in [5, 5.41) is 15.5. The predicted octanol–water partition coefficient (Wildman–Crippen LogP) is 2.46. The van der Waals surface area contributed by atoms with Crippen molar-refractivity contribution in [1.82, 2.24) is 19.7 Å². The Bertz CT molecular complexity index is 591. The Morgan fingerprint density at radius 2 is 1.91 bits per heavy atom. The van der Waals surface area contributed by atoms with Gasteiger partial charge in [0.15, 0.2) is 0 Å². The van der Waals surface area contributed by atoms with E-state index in [1.54, 1.807) is 12.7 Å². The van der Waals surface area contributed by atoms with Crippen molar-refractivity contribution in [1.29, 1.82) is 0 Å². The lowest BCUT2D eigenvalue weighted by Crippen LogP contribution is -2.47. The van der Waals surface area contributed by atoms with Gasteiger partial charge in [0.1, 0.15) is 18.3 Å². The summed E-state index contributed by atoms with van der Waals surface area (Å²) >= 11 is 0. The van der Waals surface area contributed by atoms with Crippen LogP contribution in [0, 0.1) is 5.92 Å². The quantitative estimate of drug-likeness (QED) is 0.921. The Kier molecular flexibility index (Phi) is 4.78. The molecule has 1 unspecified atom stereocenters. The lowest BCUT2D eigenvalue weighted by Gasteiger charge is -2.40. The molecule has 1 atom stereocenters. The van der Waals surface area contributed by atoms with Crippen molar-refractivity contribution in [2.45, 2.75) is 38.3 Å². The smallest absolute Gasteiger partial charge is 0.137 e. The van der Waals surface area contributed by atoms with Crippen molar-refractivity contribution in [2.24, 2.45) is 5.92 Å². The van der Waals surface area contributed by atoms with Crippen molar-refractivity contribution < 1.29 is 5.11 Å². The minimum atomic E-state index is -0.804. The Morgan fingerprint density at radius 1 is 1.22 bits per heavy atom. The van der Waals surface area contributed by atoms with E-state index in [9.17, 15) is 5.11 Å². The number of hydrogen-bond acceptors (Lipinski definition) is 4. The van der Waals surface area contributed by atoms with E-state index in [1.165, 1.54) is 0 Å². The van der Waals surface area contributed by atoms with E-state index in [2.05, 4.69) is 28.8 Å². The van der Waals surface area contributed by atoms with Crippen LogP contribution in [0.25, 0.3) is 0 Å². The first kappa shape index (κ1) is 16.1. The summed E-state index contributed by atoms with van der Waals surface area (Å²) in [5.74, 6) is 0.165. The Labute approximate surface area is 138 Å². The van der Waals surface area contributed by atoms with Crippen LogP contribution in [0.3, 0.4) is 0 Å². The van der Waals surface area contributed by atoms with Crippen LogP contribution in [0.2, 0.25) is 0 Å². The van der Waals surface area contributed by atoms with Crippen molar-refractivity contribution in [3.63, 3.8) is 0 Å². The molecule has 1 N–H and O–H groups in total. The second-order valence-electron chi connectivity index (χ2n) is 6.83. The summed E-state index contributed by atoms with van der Waals surface area (Å²) in [7, 11) is 0. The number of β-amino-alcohol motifs (C(OH)–C–C–N with tert-alkyl or cyclic N) is 1. The highest BCUT2D eigenvalue weighted by molar-refractivity contribution is 5.23. The first-order chi connectivity index (χ1) is 11.1. The molecule has 23 heavy (non-hydrogen) atoms. The van der Waals surface area contributed by atoms with Crippen molar-refractivity contribution in [3.8, 4) is 0 Å². The average molecular weight is 314 g/mol. The molecule has 1 saturated heterocycles. The Morgan fingerprint density at radius 3 is 2.48 bits per heavy atom. The summed E-state index contributed by atoms with van der Waals surface area (Å²) in [4.78, 5) is 6.41. The topological polar surface area (TPSA) is 54.2 Å². The van der Waals surface area contributed by atoms with Crippen LogP contribution in [-0.4, -0.2) is 44.4 Å². The molecule has 2 aromatic rings. The third kappa shape index (κ3) is 3.46. The summed E-state index contributed by atoms with van der Waals surface area (Å²) in [6.45, 7) is 6.82. The monoisotopic (exact) mass is 314 g/mol. The molecule has 1 aliphatic heterocycles. The van der Waals surface area contributed by atoms with Gasteiger partial charge in [0.25, 0.3) is 0 Å². The Hall–Kier alpha value is -1.72. The molecule has 1 fully saturated rings. The molecule has 0 bridgehead atoms. The third-order valence-electron chi connectivity index (χ3n) is 5.06. The van der Waals surface area contributed by atoms with Gasteiger partial charge in [0, 0.05) is 19.6 Å². The molecular formula is C18H26N4O. The summed E-state index contributed by atoms with van der Waals surface area (Å²) in [5.41, 5.74) is 0.204. The number of benzene rings is 1. The molecule has 3 rings (SSSR count). The van der Waals surface area contributed by atoms with E-state index >= 15 is 0 Å². The van der Waals surface area contributed by atoms with E-state index in [0.717, 1.165) is 31.5 Å². The summed E-state index contributed by atoms with van der Waals surface area (Å²) in [6, 6.07) is 10.5. The van der Waals surface area contributed by atoms with Gasteiger partial charge < -0.3 is 5.11 Å². The van der Waals surface area contributed by atoms with Gasteiger partial charge in [0.2, 0.25) is 0 Å². The van der Waals surface area contributed by atoms with Gasteiger partial charge in [-0.3, -0.25) is 4.90 Å². The molecule has 2 heterocycles. The third-order valence-corrected chi connectivity index (χ3v) is 5.06. The van der Waals surface area contributed by atoms with Crippen molar-refractivity contribution in [3.05, 3.63) is 48.5 Å². The zero-order chi connectivity index (χ0) is 16.3. The normalized spacial score (nSPS) is 19.8. The van der Waals surface area contributed by atoms with E-state index in [-0.39, 0.29) is 5.92 Å². The van der Waals surface area contributed by atoms with Crippen LogP contribution in [0.15, 0.2) is 43.0 Å². The van der Waals surface area contributed by atoms with Gasteiger partial charge in [-0.25, -0.2) is 9.67 Å². The highest BCUT2D eigenvalue weighted by Gasteiger charge is 2.36. The fourth-order valence-electron chi connectivity index (χ4n) is 3.42. The van der Waals surface area contributed by atoms with Crippen molar-refractivity contribution >= 4 is 0 Å². The highest BCUT2D eigenvalue weighted by atomic mass is 16.3. The van der Waals surface area contributed by atoms with E-state index in [0.29, 0.717) is 12.6 Å². The Balaban J connectivity index is 1.66. The molecule has 5 heteroatoms. The molecule has 0 aliphatic carbocycles. The molecule has 1 aromatic heterocycles. The van der Waals surface area contributed by atoms with Crippen LogP contribution < -0.4 is 0 Å². The zero-order valence-electron chi connectivity index (χ0n) is 14.0. The van der Waals surface area contributed by atoms with Gasteiger partial charge in [-0.15, -0.1) is 0 Å². The molecule has 124 valence electrons. The van der Waals surface area contributed by atoms with E-state index in [4.69, 9.17) is 0 Å². The molecule has 5 nitrogen and oxygen atoms in total. The number of piperidine rings is 1. The molecule has 1 aromatic carbocycles. The van der Waals surface area contributed by atoms with Gasteiger partial charge in [0.05, 0.1) is 6.04 Å². The predicted molar refractivity (Wildman–Crippen MR) is 89.9 cm³/mol. The summed E-state index contributed by atoms with van der Waals surface area (Å²) < 4.78 is 1.96. The molecule has 0 radical (unpaired) electrons. The maximum atomic E-state index is 11.3. The maximum Gasteiger partial charge on any atom is 0.137 e. The fourth-order valence-corrected chi connectivity index (χ4v) is 3.42. The zero-order valence-corrected chi connectivity index (χ0v) is 14.0. The first-order valence-electron chi connectivity index (χ1n) is 8.44.